The number of imide groups is 1. The molecule has 22 heavy (non-hydrogen) atoms. The molecule has 1 fully saturated rings. The van der Waals surface area contributed by atoms with Gasteiger partial charge in [0.2, 0.25) is 0 Å². The fourth-order valence-electron chi connectivity index (χ4n) is 3.17. The predicted octanol–water partition coefficient (Wildman–Crippen LogP) is 3.23. The number of amides is 3. The molecule has 4 nitrogen and oxygen atoms in total. The maximum Gasteiger partial charge on any atom is 0.332 e. The van der Waals surface area contributed by atoms with E-state index in [-0.39, 0.29) is 11.9 Å². The molecule has 3 amide bonds. The van der Waals surface area contributed by atoms with Crippen LogP contribution in [0.3, 0.4) is 0 Å². The molecular formula is C17H13ClN2O2. The lowest BCUT2D eigenvalue weighted by atomic mass is 9.95. The molecule has 0 radical (unpaired) electrons. The van der Waals surface area contributed by atoms with Gasteiger partial charge in [0.25, 0.3) is 5.91 Å². The van der Waals surface area contributed by atoms with Crippen LogP contribution in [0.2, 0.25) is 5.02 Å². The molecule has 1 unspecified atom stereocenters. The maximum absolute atomic E-state index is 12.7. The molecule has 1 saturated heterocycles. The van der Waals surface area contributed by atoms with Crippen LogP contribution in [0.15, 0.2) is 48.5 Å². The van der Waals surface area contributed by atoms with E-state index in [0.717, 1.165) is 11.1 Å². The Bertz CT molecular complexity index is 747. The van der Waals surface area contributed by atoms with E-state index in [1.165, 1.54) is 4.90 Å². The molecule has 1 atom stereocenters. The van der Waals surface area contributed by atoms with E-state index in [1.54, 1.807) is 29.2 Å². The number of para-hydroxylation sites is 1. The lowest BCUT2D eigenvalue weighted by Gasteiger charge is -2.28. The van der Waals surface area contributed by atoms with Gasteiger partial charge in [0.1, 0.15) is 6.04 Å². The first-order valence-electron chi connectivity index (χ1n) is 7.12. The molecule has 0 aliphatic carbocycles. The van der Waals surface area contributed by atoms with Gasteiger partial charge in [-0.1, -0.05) is 48.0 Å². The number of hydrogen-bond donors (Lipinski definition) is 0. The highest BCUT2D eigenvalue weighted by molar-refractivity contribution is 6.35. The lowest BCUT2D eigenvalue weighted by Crippen LogP contribution is -2.39. The van der Waals surface area contributed by atoms with Gasteiger partial charge >= 0.3 is 6.03 Å². The zero-order valence-electron chi connectivity index (χ0n) is 11.7. The Morgan fingerprint density at radius 2 is 1.64 bits per heavy atom. The molecule has 0 spiro atoms. The summed E-state index contributed by atoms with van der Waals surface area (Å²) in [7, 11) is 0. The maximum atomic E-state index is 12.7. The van der Waals surface area contributed by atoms with Gasteiger partial charge in [-0.15, -0.1) is 0 Å². The van der Waals surface area contributed by atoms with Crippen molar-refractivity contribution in [2.45, 2.75) is 19.0 Å². The van der Waals surface area contributed by atoms with E-state index in [4.69, 9.17) is 11.6 Å². The predicted molar refractivity (Wildman–Crippen MR) is 83.8 cm³/mol. The topological polar surface area (TPSA) is 40.6 Å². The van der Waals surface area contributed by atoms with Gasteiger partial charge in [0.15, 0.2) is 0 Å². The molecule has 0 saturated carbocycles. The second-order valence-electron chi connectivity index (χ2n) is 5.52. The average molecular weight is 313 g/mol. The molecule has 5 heteroatoms. The average Bonchev–Trinajstić information content (AvgIpc) is 2.77. The SMILES string of the molecule is O=C1C2Cc3ccccc3CN2C(=O)N1c1ccccc1Cl. The first-order valence-corrected chi connectivity index (χ1v) is 7.50. The largest absolute Gasteiger partial charge is 0.332 e. The number of fused-ring (bicyclic) bond motifs is 2. The molecule has 0 N–H and O–H groups in total. The zero-order chi connectivity index (χ0) is 15.3. The molecule has 0 aromatic heterocycles. The molecule has 2 aromatic rings. The van der Waals surface area contributed by atoms with Crippen molar-refractivity contribution >= 4 is 29.2 Å². The normalized spacial score (nSPS) is 20.1. The molecular weight excluding hydrogens is 300 g/mol. The van der Waals surface area contributed by atoms with Gasteiger partial charge in [-0.2, -0.15) is 0 Å². The van der Waals surface area contributed by atoms with E-state index < -0.39 is 6.04 Å². The molecule has 2 aromatic carbocycles. The van der Waals surface area contributed by atoms with Crippen LogP contribution in [0, 0.1) is 0 Å². The molecule has 0 bridgehead atoms. The molecule has 4 rings (SSSR count). The smallest absolute Gasteiger partial charge is 0.307 e. The van der Waals surface area contributed by atoms with E-state index >= 15 is 0 Å². The number of rotatable bonds is 1. The third-order valence-corrected chi connectivity index (χ3v) is 4.60. The number of anilines is 1. The summed E-state index contributed by atoms with van der Waals surface area (Å²) in [5.74, 6) is -0.201. The fourth-order valence-corrected chi connectivity index (χ4v) is 3.39. The summed E-state index contributed by atoms with van der Waals surface area (Å²) in [6.07, 6.45) is 0.557. The molecule has 110 valence electrons. The van der Waals surface area contributed by atoms with Crippen LogP contribution in [0.4, 0.5) is 10.5 Å². The van der Waals surface area contributed by atoms with Crippen molar-refractivity contribution in [1.29, 1.82) is 0 Å². The molecule has 2 aliphatic heterocycles. The van der Waals surface area contributed by atoms with E-state index in [2.05, 4.69) is 0 Å². The number of nitrogens with zero attached hydrogens (tertiary/aromatic N) is 2. The first kappa shape index (κ1) is 13.3. The Balaban J connectivity index is 1.75. The quantitative estimate of drug-likeness (QED) is 0.759. The minimum absolute atomic E-state index is 0.201. The monoisotopic (exact) mass is 312 g/mol. The Labute approximate surface area is 132 Å². The number of urea groups is 1. The molecule has 2 heterocycles. The second kappa shape index (κ2) is 4.85. The van der Waals surface area contributed by atoms with Crippen LogP contribution in [0.1, 0.15) is 11.1 Å². The minimum atomic E-state index is -0.432. The summed E-state index contributed by atoms with van der Waals surface area (Å²) in [5.41, 5.74) is 2.68. The van der Waals surface area contributed by atoms with Crippen molar-refractivity contribution in [3.05, 3.63) is 64.7 Å². The number of carbonyl (C=O) groups is 2. The lowest BCUT2D eigenvalue weighted by molar-refractivity contribution is -0.119. The van der Waals surface area contributed by atoms with Crippen LogP contribution in [-0.2, 0) is 17.8 Å². The zero-order valence-corrected chi connectivity index (χ0v) is 12.5. The van der Waals surface area contributed by atoms with Crippen molar-refractivity contribution in [2.24, 2.45) is 0 Å². The Kier molecular flexibility index (Phi) is 2.94. The number of hydrogen-bond acceptors (Lipinski definition) is 2. The summed E-state index contributed by atoms with van der Waals surface area (Å²) in [6.45, 7) is 0.465. The first-order chi connectivity index (χ1) is 10.7. The van der Waals surface area contributed by atoms with Crippen LogP contribution in [-0.4, -0.2) is 22.9 Å². The van der Waals surface area contributed by atoms with Gasteiger partial charge in [0, 0.05) is 13.0 Å². The molecule has 2 aliphatic rings. The van der Waals surface area contributed by atoms with Gasteiger partial charge < -0.3 is 4.90 Å². The van der Waals surface area contributed by atoms with Crippen molar-refractivity contribution in [3.8, 4) is 0 Å². The number of benzene rings is 2. The standard InChI is InChI=1S/C17H13ClN2O2/c18-13-7-3-4-8-14(13)20-16(21)15-9-11-5-1-2-6-12(11)10-19(15)17(20)22/h1-8,15H,9-10H2. The van der Waals surface area contributed by atoms with Crippen molar-refractivity contribution in [3.63, 3.8) is 0 Å². The second-order valence-corrected chi connectivity index (χ2v) is 5.93. The summed E-state index contributed by atoms with van der Waals surface area (Å²) < 4.78 is 0. The van der Waals surface area contributed by atoms with Crippen LogP contribution in [0.25, 0.3) is 0 Å². The summed E-state index contributed by atoms with van der Waals surface area (Å²) in [6, 6.07) is 14.1. The van der Waals surface area contributed by atoms with Crippen molar-refractivity contribution in [2.75, 3.05) is 4.90 Å². The summed E-state index contributed by atoms with van der Waals surface area (Å²) >= 11 is 6.16. The highest BCUT2D eigenvalue weighted by Crippen LogP contribution is 2.35. The summed E-state index contributed by atoms with van der Waals surface area (Å²) in [5, 5.41) is 0.404. The third kappa shape index (κ3) is 1.84. The van der Waals surface area contributed by atoms with E-state index in [1.807, 2.05) is 24.3 Å². The van der Waals surface area contributed by atoms with Crippen molar-refractivity contribution in [1.82, 2.24) is 4.90 Å². The minimum Gasteiger partial charge on any atom is -0.307 e. The Hall–Kier alpha value is -2.33. The Morgan fingerprint density at radius 3 is 2.41 bits per heavy atom. The number of carbonyl (C=O) groups excluding carboxylic acids is 2. The highest BCUT2D eigenvalue weighted by atomic mass is 35.5. The fraction of sp³-hybridized carbons (Fsp3) is 0.176. The van der Waals surface area contributed by atoms with E-state index in [0.29, 0.717) is 23.7 Å². The van der Waals surface area contributed by atoms with Crippen LogP contribution in [0.5, 0.6) is 0 Å². The third-order valence-electron chi connectivity index (χ3n) is 4.28. The number of halogens is 1. The Morgan fingerprint density at radius 1 is 0.955 bits per heavy atom. The van der Waals surface area contributed by atoms with Gasteiger partial charge in [-0.25, -0.2) is 9.69 Å². The van der Waals surface area contributed by atoms with E-state index in [9.17, 15) is 9.59 Å². The highest BCUT2D eigenvalue weighted by Gasteiger charge is 2.48. The van der Waals surface area contributed by atoms with Crippen LogP contribution >= 0.6 is 11.6 Å². The van der Waals surface area contributed by atoms with Crippen molar-refractivity contribution < 1.29 is 9.59 Å². The van der Waals surface area contributed by atoms with Gasteiger partial charge in [-0.05, 0) is 23.3 Å². The summed E-state index contributed by atoms with van der Waals surface area (Å²) in [4.78, 5) is 28.2. The van der Waals surface area contributed by atoms with Gasteiger partial charge in [0.05, 0.1) is 10.7 Å². The van der Waals surface area contributed by atoms with Gasteiger partial charge in [-0.3, -0.25) is 4.79 Å². The van der Waals surface area contributed by atoms with Crippen LogP contribution < -0.4 is 4.90 Å².